The fourth-order valence-corrected chi connectivity index (χ4v) is 8.10. The molecule has 21 heteroatoms. The second kappa shape index (κ2) is 23.8. The van der Waals surface area contributed by atoms with Gasteiger partial charge in [-0.2, -0.15) is 26.3 Å². The SMILES string of the molecule is CCCCCCCCCCC(=O)N[C@H]1C(CO)OCC(NC(=O)Nc2cccc(C(F)(F)F)c2)[C@H]1O[C@H]1OC2COC(c3ccccc3)O[C@@H]2[C@H](O)C1OC(=O)Nc1cccc(C(F)(F)F)c1. The molecule has 3 aliphatic heterocycles. The van der Waals surface area contributed by atoms with Gasteiger partial charge >= 0.3 is 24.5 Å². The summed E-state index contributed by atoms with van der Waals surface area (Å²) >= 11 is 0. The van der Waals surface area contributed by atoms with Crippen LogP contribution in [0.25, 0.3) is 0 Å². The van der Waals surface area contributed by atoms with Gasteiger partial charge in [0.15, 0.2) is 18.7 Å². The van der Waals surface area contributed by atoms with Gasteiger partial charge < -0.3 is 54.6 Å². The van der Waals surface area contributed by atoms with E-state index in [1.165, 1.54) is 12.1 Å². The van der Waals surface area contributed by atoms with Gasteiger partial charge in [-0.25, -0.2) is 9.59 Å². The van der Waals surface area contributed by atoms with Crippen LogP contribution >= 0.6 is 0 Å². The summed E-state index contributed by atoms with van der Waals surface area (Å²) in [5, 5.41) is 32.5. The summed E-state index contributed by atoms with van der Waals surface area (Å²) in [5.41, 5.74) is -2.05. The number of aliphatic hydroxyl groups excluding tert-OH is 2. The molecule has 15 nitrogen and oxygen atoms in total. The number of nitrogens with one attached hydrogen (secondary N) is 4. The second-order valence-electron chi connectivity index (χ2n) is 16.5. The van der Waals surface area contributed by atoms with Crippen LogP contribution in [0.15, 0.2) is 78.9 Å². The normalized spacial score (nSPS) is 26.5. The van der Waals surface area contributed by atoms with Crippen molar-refractivity contribution in [2.24, 2.45) is 0 Å². The number of halogens is 6. The number of unbranched alkanes of at least 4 members (excludes halogenated alkanes) is 7. The first-order chi connectivity index (χ1) is 32.0. The molecule has 10 atom stereocenters. The number of ether oxygens (including phenoxy) is 6. The van der Waals surface area contributed by atoms with E-state index in [4.69, 9.17) is 28.4 Å². The highest BCUT2D eigenvalue weighted by Gasteiger charge is 2.54. The van der Waals surface area contributed by atoms with Gasteiger partial charge in [-0.3, -0.25) is 10.1 Å². The fraction of sp³-hybridized carbons (Fsp3) is 0.543. The first-order valence-electron chi connectivity index (χ1n) is 22.3. The summed E-state index contributed by atoms with van der Waals surface area (Å²) in [6.45, 7) is 0.857. The fourth-order valence-electron chi connectivity index (χ4n) is 8.10. The largest absolute Gasteiger partial charge is 0.438 e. The Morgan fingerprint density at radius 3 is 1.99 bits per heavy atom. The van der Waals surface area contributed by atoms with Gasteiger partial charge in [0.2, 0.25) is 5.91 Å². The summed E-state index contributed by atoms with van der Waals surface area (Å²) in [7, 11) is 0. The number of fused-ring (bicyclic) bond motifs is 1. The molecule has 4 amide bonds. The lowest BCUT2D eigenvalue weighted by molar-refractivity contribution is -0.369. The molecular formula is C46H56F6N4O11. The Bertz CT molecular complexity index is 2070. The highest BCUT2D eigenvalue weighted by molar-refractivity contribution is 5.89. The predicted octanol–water partition coefficient (Wildman–Crippen LogP) is 7.82. The average Bonchev–Trinajstić information content (AvgIpc) is 3.29. The molecule has 5 unspecified atom stereocenters. The minimum atomic E-state index is -4.75. The monoisotopic (exact) mass is 954 g/mol. The molecule has 368 valence electrons. The number of carbonyl (C=O) groups excluding carboxylic acids is 3. The smallest absolute Gasteiger partial charge is 0.416 e. The van der Waals surface area contributed by atoms with E-state index in [1.807, 2.05) is 0 Å². The van der Waals surface area contributed by atoms with E-state index < -0.39 is 116 Å². The summed E-state index contributed by atoms with van der Waals surface area (Å²) in [4.78, 5) is 40.6. The summed E-state index contributed by atoms with van der Waals surface area (Å²) in [6, 6.07) is 12.7. The molecule has 0 spiro atoms. The zero-order chi connectivity index (χ0) is 48.1. The van der Waals surface area contributed by atoms with Crippen molar-refractivity contribution in [1.82, 2.24) is 10.6 Å². The zero-order valence-corrected chi connectivity index (χ0v) is 36.6. The molecule has 3 aliphatic rings. The van der Waals surface area contributed by atoms with Crippen LogP contribution in [0.1, 0.15) is 87.7 Å². The van der Waals surface area contributed by atoms with E-state index in [0.29, 0.717) is 18.1 Å². The van der Waals surface area contributed by atoms with Crippen LogP contribution in [-0.2, 0) is 45.6 Å². The first-order valence-corrected chi connectivity index (χ1v) is 22.3. The molecule has 3 aromatic carbocycles. The van der Waals surface area contributed by atoms with E-state index in [-0.39, 0.29) is 24.4 Å². The lowest BCUT2D eigenvalue weighted by Crippen LogP contribution is -2.69. The third-order valence-electron chi connectivity index (χ3n) is 11.5. The van der Waals surface area contributed by atoms with E-state index >= 15 is 0 Å². The highest BCUT2D eigenvalue weighted by Crippen LogP contribution is 2.38. The maximum atomic E-state index is 13.6. The van der Waals surface area contributed by atoms with Crippen molar-refractivity contribution in [1.29, 1.82) is 0 Å². The number of amides is 4. The van der Waals surface area contributed by atoms with Gasteiger partial charge in [0.25, 0.3) is 0 Å². The van der Waals surface area contributed by atoms with E-state index in [9.17, 15) is 50.9 Å². The van der Waals surface area contributed by atoms with Crippen molar-refractivity contribution in [3.8, 4) is 0 Å². The number of urea groups is 1. The summed E-state index contributed by atoms with van der Waals surface area (Å²) in [5.74, 6) is -0.473. The molecule has 3 saturated heterocycles. The minimum absolute atomic E-state index is 0.0611. The number of rotatable bonds is 18. The Morgan fingerprint density at radius 1 is 0.731 bits per heavy atom. The standard InChI is InChI=1S/C46H56F6N4O11/c1-2-3-4-5-6-7-8-12-21-35(58)56-36-33(24-57)62-25-32(55-43(60)53-30-19-13-17-28(22-30)45(47,48)49)38(36)65-42-40(67-44(61)54-31-20-14-18-29(23-31)46(50,51)52)37(59)39-34(64-42)26-63-41(66-39)27-15-10-9-11-16-27/h9-11,13-20,22-23,32-34,36-42,57,59H,2-8,12,21,24-26H2,1H3,(H,54,61)(H,56,58)(H2,53,55,60)/t32?,33?,34?,36-,37-,38+,39-,40?,41?,42+/m0/s1. The Balaban J connectivity index is 1.27. The molecule has 6 rings (SSSR count). The first kappa shape index (κ1) is 51.4. The molecule has 3 heterocycles. The van der Waals surface area contributed by atoms with Crippen molar-refractivity contribution in [3.05, 3.63) is 95.6 Å². The number of hydrogen-bond donors (Lipinski definition) is 6. The Hall–Kier alpha value is -5.03. The van der Waals surface area contributed by atoms with Crippen molar-refractivity contribution < 1.29 is 79.4 Å². The van der Waals surface area contributed by atoms with Crippen LogP contribution in [0.4, 0.5) is 47.3 Å². The topological polar surface area (TPSA) is 195 Å². The van der Waals surface area contributed by atoms with Crippen LogP contribution in [0.2, 0.25) is 0 Å². The van der Waals surface area contributed by atoms with Crippen LogP contribution in [-0.4, -0.2) is 103 Å². The molecule has 0 saturated carbocycles. The van der Waals surface area contributed by atoms with Crippen LogP contribution in [0.5, 0.6) is 0 Å². The van der Waals surface area contributed by atoms with Crippen LogP contribution in [0, 0.1) is 0 Å². The van der Waals surface area contributed by atoms with Crippen LogP contribution < -0.4 is 21.3 Å². The van der Waals surface area contributed by atoms with E-state index in [0.717, 1.165) is 75.3 Å². The molecule has 0 aromatic heterocycles. The molecular weight excluding hydrogens is 899 g/mol. The molecule has 0 bridgehead atoms. The average molecular weight is 955 g/mol. The van der Waals surface area contributed by atoms with Crippen molar-refractivity contribution in [2.75, 3.05) is 30.5 Å². The maximum Gasteiger partial charge on any atom is 0.416 e. The van der Waals surface area contributed by atoms with Crippen molar-refractivity contribution in [2.45, 2.75) is 138 Å². The lowest BCUT2D eigenvalue weighted by atomic mass is 9.93. The highest BCUT2D eigenvalue weighted by atomic mass is 19.4. The molecule has 3 fully saturated rings. The quantitative estimate of drug-likeness (QED) is 0.0538. The van der Waals surface area contributed by atoms with Gasteiger partial charge in [-0.15, -0.1) is 0 Å². The number of hydrogen-bond acceptors (Lipinski definition) is 11. The van der Waals surface area contributed by atoms with Gasteiger partial charge in [-0.1, -0.05) is 94.3 Å². The van der Waals surface area contributed by atoms with Crippen molar-refractivity contribution in [3.63, 3.8) is 0 Å². The zero-order valence-electron chi connectivity index (χ0n) is 36.6. The third-order valence-corrected chi connectivity index (χ3v) is 11.5. The van der Waals surface area contributed by atoms with Gasteiger partial charge in [0.05, 0.1) is 43.0 Å². The third kappa shape index (κ3) is 14.5. The van der Waals surface area contributed by atoms with Crippen molar-refractivity contribution >= 4 is 29.4 Å². The molecule has 6 N–H and O–H groups in total. The number of carbonyl (C=O) groups is 3. The number of alkyl halides is 6. The molecule has 3 aromatic rings. The Kier molecular flexibility index (Phi) is 18.3. The summed E-state index contributed by atoms with van der Waals surface area (Å²) < 4.78 is 118. The van der Waals surface area contributed by atoms with Gasteiger partial charge in [0, 0.05) is 23.4 Å². The Labute approximate surface area is 383 Å². The summed E-state index contributed by atoms with van der Waals surface area (Å²) in [6.07, 6.45) is -14.5. The lowest BCUT2D eigenvalue weighted by Gasteiger charge is -2.49. The van der Waals surface area contributed by atoms with Gasteiger partial charge in [0.1, 0.15) is 30.5 Å². The molecule has 0 aliphatic carbocycles. The molecule has 67 heavy (non-hydrogen) atoms. The van der Waals surface area contributed by atoms with Gasteiger partial charge in [-0.05, 0) is 42.8 Å². The Morgan fingerprint density at radius 2 is 1.36 bits per heavy atom. The number of aliphatic hydroxyl groups is 2. The number of benzene rings is 3. The predicted molar refractivity (Wildman–Crippen MR) is 228 cm³/mol. The maximum absolute atomic E-state index is 13.6. The molecule has 0 radical (unpaired) electrons. The minimum Gasteiger partial charge on any atom is -0.438 e. The van der Waals surface area contributed by atoms with E-state index in [1.54, 1.807) is 30.3 Å². The van der Waals surface area contributed by atoms with Crippen LogP contribution in [0.3, 0.4) is 0 Å². The van der Waals surface area contributed by atoms with E-state index in [2.05, 4.69) is 28.2 Å². The number of anilines is 2. The second-order valence-corrected chi connectivity index (χ2v) is 16.5.